The Kier molecular flexibility index (Phi) is 2.61. The number of carbonyl (C=O) groups is 1. The molecule has 1 N–H and O–H groups in total. The number of H-pyrrole nitrogens is 1. The third-order valence-electron chi connectivity index (χ3n) is 2.21. The molecule has 0 unspecified atom stereocenters. The van der Waals surface area contributed by atoms with Crippen LogP contribution < -0.4 is 0 Å². The van der Waals surface area contributed by atoms with Crippen LogP contribution >= 0.6 is 11.6 Å². The van der Waals surface area contributed by atoms with Crippen LogP contribution in [-0.4, -0.2) is 15.8 Å². The van der Waals surface area contributed by atoms with E-state index in [9.17, 15) is 18.0 Å². The molecular formula is C10H6ClF3N2O. The van der Waals surface area contributed by atoms with Crippen LogP contribution in [0.5, 0.6) is 0 Å². The maximum Gasteiger partial charge on any atom is 0.417 e. The molecule has 0 saturated carbocycles. The SMILES string of the molecule is CC(=O)c1nc2cc(Cl)c(C(F)(F)F)cc2[nH]1. The summed E-state index contributed by atoms with van der Waals surface area (Å²) in [6.45, 7) is 1.27. The molecule has 0 saturated heterocycles. The van der Waals surface area contributed by atoms with Crippen LogP contribution in [0.2, 0.25) is 5.02 Å². The maximum atomic E-state index is 12.6. The quantitative estimate of drug-likeness (QED) is 0.800. The molecule has 0 atom stereocenters. The highest BCUT2D eigenvalue weighted by Crippen LogP contribution is 2.36. The lowest BCUT2D eigenvalue weighted by Crippen LogP contribution is -2.05. The minimum absolute atomic E-state index is 0.00962. The van der Waals surface area contributed by atoms with Gasteiger partial charge in [0.1, 0.15) is 0 Å². The van der Waals surface area contributed by atoms with Crippen molar-refractivity contribution in [1.29, 1.82) is 0 Å². The highest BCUT2D eigenvalue weighted by molar-refractivity contribution is 6.32. The van der Waals surface area contributed by atoms with Gasteiger partial charge in [0, 0.05) is 6.92 Å². The van der Waals surface area contributed by atoms with Crippen LogP contribution in [0.4, 0.5) is 13.2 Å². The molecule has 90 valence electrons. The van der Waals surface area contributed by atoms with E-state index in [2.05, 4.69) is 9.97 Å². The number of hydrogen-bond acceptors (Lipinski definition) is 2. The standard InChI is InChI=1S/C10H6ClF3N2O/c1-4(17)9-15-7-2-5(10(12,13)14)6(11)3-8(7)16-9/h2-3H,1H3,(H,15,16). The fourth-order valence-corrected chi connectivity index (χ4v) is 1.68. The largest absolute Gasteiger partial charge is 0.417 e. The van der Waals surface area contributed by atoms with Crippen LogP contribution in [0.15, 0.2) is 12.1 Å². The van der Waals surface area contributed by atoms with Crippen molar-refractivity contribution in [2.45, 2.75) is 13.1 Å². The van der Waals surface area contributed by atoms with Crippen molar-refractivity contribution in [2.75, 3.05) is 0 Å². The zero-order valence-corrected chi connectivity index (χ0v) is 9.28. The third-order valence-corrected chi connectivity index (χ3v) is 2.52. The molecule has 0 spiro atoms. The average molecular weight is 263 g/mol. The zero-order chi connectivity index (χ0) is 12.8. The fourth-order valence-electron chi connectivity index (χ4n) is 1.42. The van der Waals surface area contributed by atoms with Crippen LogP contribution in [0.1, 0.15) is 23.1 Å². The summed E-state index contributed by atoms with van der Waals surface area (Å²) in [5.74, 6) is -0.346. The van der Waals surface area contributed by atoms with Gasteiger partial charge < -0.3 is 4.98 Å². The average Bonchev–Trinajstić information content (AvgIpc) is 2.57. The van der Waals surface area contributed by atoms with Gasteiger partial charge in [0.25, 0.3) is 0 Å². The number of hydrogen-bond donors (Lipinski definition) is 1. The van der Waals surface area contributed by atoms with Crippen molar-refractivity contribution in [3.8, 4) is 0 Å². The number of halogens is 4. The Bertz CT molecular complexity index is 603. The van der Waals surface area contributed by atoms with Crippen molar-refractivity contribution in [1.82, 2.24) is 9.97 Å². The molecule has 0 aliphatic carbocycles. The van der Waals surface area contributed by atoms with Crippen LogP contribution in [-0.2, 0) is 6.18 Å². The van der Waals surface area contributed by atoms with Crippen molar-refractivity contribution in [3.63, 3.8) is 0 Å². The van der Waals surface area contributed by atoms with E-state index >= 15 is 0 Å². The number of alkyl halides is 3. The topological polar surface area (TPSA) is 45.8 Å². The van der Waals surface area contributed by atoms with E-state index in [4.69, 9.17) is 11.6 Å². The van der Waals surface area contributed by atoms with E-state index in [0.717, 1.165) is 12.1 Å². The Balaban J connectivity index is 2.68. The van der Waals surface area contributed by atoms with Crippen molar-refractivity contribution in [2.24, 2.45) is 0 Å². The predicted octanol–water partition coefficient (Wildman–Crippen LogP) is 3.44. The highest BCUT2D eigenvalue weighted by Gasteiger charge is 2.33. The lowest BCUT2D eigenvalue weighted by atomic mass is 10.2. The zero-order valence-electron chi connectivity index (χ0n) is 8.52. The molecule has 0 fully saturated rings. The van der Waals surface area contributed by atoms with E-state index in [-0.39, 0.29) is 22.6 Å². The van der Waals surface area contributed by atoms with Gasteiger partial charge in [-0.1, -0.05) is 11.6 Å². The fraction of sp³-hybridized carbons (Fsp3) is 0.200. The molecule has 17 heavy (non-hydrogen) atoms. The number of ketones is 1. The van der Waals surface area contributed by atoms with Gasteiger partial charge in [-0.25, -0.2) is 4.98 Å². The van der Waals surface area contributed by atoms with E-state index in [1.54, 1.807) is 0 Å². The Morgan fingerprint density at radius 1 is 1.41 bits per heavy atom. The first-order valence-corrected chi connectivity index (χ1v) is 4.94. The van der Waals surface area contributed by atoms with Crippen molar-refractivity contribution in [3.05, 3.63) is 28.5 Å². The van der Waals surface area contributed by atoms with Gasteiger partial charge in [-0.15, -0.1) is 0 Å². The summed E-state index contributed by atoms with van der Waals surface area (Å²) in [7, 11) is 0. The molecule has 0 aliphatic heterocycles. The second-order valence-corrected chi connectivity index (χ2v) is 3.90. The smallest absolute Gasteiger partial charge is 0.335 e. The second kappa shape index (κ2) is 3.73. The summed E-state index contributed by atoms with van der Waals surface area (Å²) < 4.78 is 37.7. The maximum absolute atomic E-state index is 12.6. The summed E-state index contributed by atoms with van der Waals surface area (Å²) in [6, 6.07) is 1.93. The van der Waals surface area contributed by atoms with E-state index in [1.165, 1.54) is 6.92 Å². The van der Waals surface area contributed by atoms with Gasteiger partial charge in [0.05, 0.1) is 21.6 Å². The summed E-state index contributed by atoms with van der Waals surface area (Å²) in [5, 5.41) is -0.438. The van der Waals surface area contributed by atoms with Crippen LogP contribution in [0.3, 0.4) is 0 Å². The lowest BCUT2D eigenvalue weighted by Gasteiger charge is -2.07. The number of rotatable bonds is 1. The first-order chi connectivity index (χ1) is 7.79. The van der Waals surface area contributed by atoms with Crippen molar-refractivity contribution < 1.29 is 18.0 Å². The first-order valence-electron chi connectivity index (χ1n) is 4.56. The minimum Gasteiger partial charge on any atom is -0.335 e. The van der Waals surface area contributed by atoms with Gasteiger partial charge >= 0.3 is 6.18 Å². The molecule has 1 aromatic carbocycles. The third kappa shape index (κ3) is 2.12. The number of benzene rings is 1. The molecule has 3 nitrogen and oxygen atoms in total. The molecule has 0 amide bonds. The van der Waals surface area contributed by atoms with Gasteiger partial charge in [-0.05, 0) is 12.1 Å². The van der Waals surface area contributed by atoms with Gasteiger partial charge in [-0.3, -0.25) is 4.79 Å². The Morgan fingerprint density at radius 2 is 2.06 bits per heavy atom. The molecule has 7 heteroatoms. The number of imidazole rings is 1. The number of Topliss-reactive ketones (excluding diaryl/α,β-unsaturated/α-hetero) is 1. The molecular weight excluding hydrogens is 257 g/mol. The van der Waals surface area contributed by atoms with Gasteiger partial charge in [0.2, 0.25) is 0 Å². The van der Waals surface area contributed by atoms with Crippen LogP contribution in [0, 0.1) is 0 Å². The number of fused-ring (bicyclic) bond motifs is 1. The number of aromatic nitrogens is 2. The normalized spacial score (nSPS) is 12.1. The molecule has 0 bridgehead atoms. The number of carbonyl (C=O) groups excluding carboxylic acids is 1. The Hall–Kier alpha value is -1.56. The number of aromatic amines is 1. The lowest BCUT2D eigenvalue weighted by molar-refractivity contribution is -0.137. The molecule has 2 aromatic rings. The Morgan fingerprint density at radius 3 is 2.59 bits per heavy atom. The molecule has 2 rings (SSSR count). The summed E-state index contributed by atoms with van der Waals surface area (Å²) in [5.41, 5.74) is -0.592. The molecule has 0 radical (unpaired) electrons. The van der Waals surface area contributed by atoms with Gasteiger partial charge in [-0.2, -0.15) is 13.2 Å². The second-order valence-electron chi connectivity index (χ2n) is 3.49. The highest BCUT2D eigenvalue weighted by atomic mass is 35.5. The minimum atomic E-state index is -4.53. The Labute approximate surface area is 98.6 Å². The predicted molar refractivity (Wildman–Crippen MR) is 56.1 cm³/mol. The summed E-state index contributed by atoms with van der Waals surface area (Å²) in [4.78, 5) is 17.4. The molecule has 0 aliphatic rings. The first kappa shape index (κ1) is 11.9. The molecule has 1 heterocycles. The molecule has 1 aromatic heterocycles. The van der Waals surface area contributed by atoms with Gasteiger partial charge in [0.15, 0.2) is 11.6 Å². The van der Waals surface area contributed by atoms with Crippen molar-refractivity contribution >= 4 is 28.4 Å². The summed E-state index contributed by atoms with van der Waals surface area (Å²) in [6.07, 6.45) is -4.53. The summed E-state index contributed by atoms with van der Waals surface area (Å²) >= 11 is 5.52. The van der Waals surface area contributed by atoms with E-state index in [1.807, 2.05) is 0 Å². The monoisotopic (exact) mass is 262 g/mol. The number of nitrogens with one attached hydrogen (secondary N) is 1. The van der Waals surface area contributed by atoms with E-state index in [0.29, 0.717) is 0 Å². The number of nitrogens with zero attached hydrogens (tertiary/aromatic N) is 1. The van der Waals surface area contributed by atoms with Crippen LogP contribution in [0.25, 0.3) is 11.0 Å². The van der Waals surface area contributed by atoms with E-state index < -0.39 is 16.8 Å².